The molecule has 2 aromatic carbocycles. The number of pyridine rings is 1. The van der Waals surface area contributed by atoms with Crippen molar-refractivity contribution >= 4 is 28.3 Å². The number of carbonyl (C=O) groups is 1. The fraction of sp³-hybridized carbons (Fsp3) is 0.0588. The Balaban J connectivity index is 2.02. The van der Waals surface area contributed by atoms with E-state index in [-0.39, 0.29) is 22.8 Å². The van der Waals surface area contributed by atoms with Gasteiger partial charge in [0.1, 0.15) is 5.82 Å². The number of para-hydroxylation sites is 1. The Hall–Kier alpha value is -2.26. The zero-order valence-corrected chi connectivity index (χ0v) is 11.8. The molecule has 0 fully saturated rings. The molecule has 104 valence electrons. The van der Waals surface area contributed by atoms with Gasteiger partial charge in [-0.3, -0.25) is 9.78 Å². The first-order valence-electron chi connectivity index (χ1n) is 6.46. The summed E-state index contributed by atoms with van der Waals surface area (Å²) in [7, 11) is 0. The van der Waals surface area contributed by atoms with Crippen molar-refractivity contribution in [3.05, 3.63) is 76.7 Å². The van der Waals surface area contributed by atoms with Gasteiger partial charge in [0.15, 0.2) is 5.78 Å². The van der Waals surface area contributed by atoms with Crippen LogP contribution in [0.4, 0.5) is 4.39 Å². The van der Waals surface area contributed by atoms with E-state index >= 15 is 0 Å². The molecule has 0 aliphatic carbocycles. The topological polar surface area (TPSA) is 30.0 Å². The molecular weight excluding hydrogens is 289 g/mol. The fourth-order valence-corrected chi connectivity index (χ4v) is 2.52. The highest BCUT2D eigenvalue weighted by Gasteiger charge is 2.16. The van der Waals surface area contributed by atoms with Crippen molar-refractivity contribution in [3.8, 4) is 0 Å². The van der Waals surface area contributed by atoms with Crippen LogP contribution in [-0.4, -0.2) is 10.8 Å². The third-order valence-electron chi connectivity index (χ3n) is 3.33. The first-order chi connectivity index (χ1) is 10.2. The van der Waals surface area contributed by atoms with Gasteiger partial charge in [-0.1, -0.05) is 35.9 Å². The van der Waals surface area contributed by atoms with Crippen molar-refractivity contribution in [1.82, 2.24) is 4.98 Å². The van der Waals surface area contributed by atoms with Crippen molar-refractivity contribution in [2.45, 2.75) is 6.42 Å². The van der Waals surface area contributed by atoms with Gasteiger partial charge < -0.3 is 0 Å². The summed E-state index contributed by atoms with van der Waals surface area (Å²) in [6, 6.07) is 13.5. The second-order valence-corrected chi connectivity index (χ2v) is 5.09. The van der Waals surface area contributed by atoms with Gasteiger partial charge in [-0.25, -0.2) is 4.39 Å². The number of nitrogens with zero attached hydrogens (tertiary/aromatic N) is 1. The third kappa shape index (κ3) is 2.65. The van der Waals surface area contributed by atoms with Crippen LogP contribution in [0.3, 0.4) is 0 Å². The van der Waals surface area contributed by atoms with Crippen LogP contribution in [-0.2, 0) is 6.42 Å². The zero-order valence-electron chi connectivity index (χ0n) is 11.0. The highest BCUT2D eigenvalue weighted by molar-refractivity contribution is 6.31. The molecule has 0 spiro atoms. The van der Waals surface area contributed by atoms with Crippen LogP contribution in [0.25, 0.3) is 10.9 Å². The van der Waals surface area contributed by atoms with E-state index in [1.165, 1.54) is 12.1 Å². The summed E-state index contributed by atoms with van der Waals surface area (Å²) in [5.74, 6) is -0.671. The lowest BCUT2D eigenvalue weighted by molar-refractivity contribution is 0.0993. The van der Waals surface area contributed by atoms with Gasteiger partial charge in [0.05, 0.1) is 5.52 Å². The average molecular weight is 300 g/mol. The van der Waals surface area contributed by atoms with Crippen LogP contribution in [0.2, 0.25) is 5.02 Å². The van der Waals surface area contributed by atoms with Crippen molar-refractivity contribution in [3.63, 3.8) is 0 Å². The number of Topliss-reactive ketones (excluding diaryl/α,β-unsaturated/α-hetero) is 1. The zero-order chi connectivity index (χ0) is 14.8. The maximum atomic E-state index is 13.8. The van der Waals surface area contributed by atoms with Gasteiger partial charge in [0.25, 0.3) is 0 Å². The van der Waals surface area contributed by atoms with E-state index in [4.69, 9.17) is 11.6 Å². The molecule has 0 saturated carbocycles. The molecule has 4 heteroatoms. The summed E-state index contributed by atoms with van der Waals surface area (Å²) >= 11 is 5.97. The summed E-state index contributed by atoms with van der Waals surface area (Å²) in [5.41, 5.74) is 1.32. The number of rotatable bonds is 3. The molecule has 21 heavy (non-hydrogen) atoms. The molecular formula is C17H11ClFNO. The molecule has 3 rings (SSSR count). The van der Waals surface area contributed by atoms with Crippen LogP contribution in [0.15, 0.2) is 54.7 Å². The van der Waals surface area contributed by atoms with Crippen LogP contribution in [0.1, 0.15) is 15.9 Å². The number of fused-ring (bicyclic) bond motifs is 1. The van der Waals surface area contributed by atoms with E-state index < -0.39 is 5.82 Å². The lowest BCUT2D eigenvalue weighted by Gasteiger charge is -2.07. The number of hydrogen-bond acceptors (Lipinski definition) is 2. The molecule has 0 aliphatic heterocycles. The molecule has 0 unspecified atom stereocenters. The van der Waals surface area contributed by atoms with Crippen LogP contribution in [0.5, 0.6) is 0 Å². The van der Waals surface area contributed by atoms with Gasteiger partial charge >= 0.3 is 0 Å². The van der Waals surface area contributed by atoms with Gasteiger partial charge in [-0.05, 0) is 24.3 Å². The Morgan fingerprint density at radius 3 is 2.67 bits per heavy atom. The van der Waals surface area contributed by atoms with Gasteiger partial charge in [0, 0.05) is 34.2 Å². The van der Waals surface area contributed by atoms with Crippen LogP contribution < -0.4 is 0 Å². The van der Waals surface area contributed by atoms with Gasteiger partial charge in [0.2, 0.25) is 0 Å². The predicted molar refractivity (Wildman–Crippen MR) is 81.2 cm³/mol. The summed E-state index contributed by atoms with van der Waals surface area (Å²) in [4.78, 5) is 16.7. The lowest BCUT2D eigenvalue weighted by atomic mass is 10.00. The maximum Gasteiger partial charge on any atom is 0.169 e. The minimum Gasteiger partial charge on any atom is -0.294 e. The SMILES string of the molecule is O=C(Cc1c(F)cccc1Cl)c1cccc2cccnc12. The summed E-state index contributed by atoms with van der Waals surface area (Å²) in [5, 5.41) is 1.14. The standard InChI is InChI=1S/C17H11ClFNO/c18-14-7-2-8-15(19)13(14)10-16(21)12-6-1-4-11-5-3-9-20-17(11)12/h1-9H,10H2. The Morgan fingerprint density at radius 1 is 1.10 bits per heavy atom. The average Bonchev–Trinajstić information content (AvgIpc) is 2.50. The number of halogens is 2. The molecule has 0 amide bonds. The molecule has 2 nitrogen and oxygen atoms in total. The Bertz CT molecular complexity index is 806. The first kappa shape index (κ1) is 13.7. The highest BCUT2D eigenvalue weighted by atomic mass is 35.5. The number of hydrogen-bond donors (Lipinski definition) is 0. The number of benzene rings is 2. The fourth-order valence-electron chi connectivity index (χ4n) is 2.29. The van der Waals surface area contributed by atoms with Crippen LogP contribution >= 0.6 is 11.6 Å². The molecule has 1 heterocycles. The predicted octanol–water partition coefficient (Wildman–Crippen LogP) is 4.45. The molecule has 0 N–H and O–H groups in total. The molecule has 0 atom stereocenters. The van der Waals surface area contributed by atoms with E-state index in [1.54, 1.807) is 24.4 Å². The smallest absolute Gasteiger partial charge is 0.169 e. The maximum absolute atomic E-state index is 13.8. The molecule has 0 radical (unpaired) electrons. The Kier molecular flexibility index (Phi) is 3.67. The highest BCUT2D eigenvalue weighted by Crippen LogP contribution is 2.23. The quantitative estimate of drug-likeness (QED) is 0.669. The summed E-state index contributed by atoms with van der Waals surface area (Å²) < 4.78 is 13.8. The third-order valence-corrected chi connectivity index (χ3v) is 3.69. The minimum atomic E-state index is -0.468. The molecule has 0 bridgehead atoms. The molecule has 0 saturated heterocycles. The largest absolute Gasteiger partial charge is 0.294 e. The second kappa shape index (κ2) is 5.62. The number of carbonyl (C=O) groups excluding carboxylic acids is 1. The van der Waals surface area contributed by atoms with E-state index in [1.807, 2.05) is 18.2 Å². The van der Waals surface area contributed by atoms with Crippen LogP contribution in [0, 0.1) is 5.82 Å². The van der Waals surface area contributed by atoms with E-state index in [2.05, 4.69) is 4.98 Å². The Labute approximate surface area is 126 Å². The summed E-state index contributed by atoms with van der Waals surface area (Å²) in [6.45, 7) is 0. The molecule has 3 aromatic rings. The minimum absolute atomic E-state index is 0.0821. The monoisotopic (exact) mass is 299 g/mol. The van der Waals surface area contributed by atoms with E-state index in [0.29, 0.717) is 11.1 Å². The lowest BCUT2D eigenvalue weighted by Crippen LogP contribution is -2.07. The van der Waals surface area contributed by atoms with E-state index in [9.17, 15) is 9.18 Å². The summed E-state index contributed by atoms with van der Waals surface area (Å²) in [6.07, 6.45) is 1.55. The number of aromatic nitrogens is 1. The Morgan fingerprint density at radius 2 is 1.86 bits per heavy atom. The normalized spacial score (nSPS) is 10.8. The van der Waals surface area contributed by atoms with Gasteiger partial charge in [-0.2, -0.15) is 0 Å². The van der Waals surface area contributed by atoms with Gasteiger partial charge in [-0.15, -0.1) is 0 Å². The van der Waals surface area contributed by atoms with Crippen molar-refractivity contribution in [2.24, 2.45) is 0 Å². The second-order valence-electron chi connectivity index (χ2n) is 4.68. The van der Waals surface area contributed by atoms with E-state index in [0.717, 1.165) is 5.39 Å². The molecule has 1 aromatic heterocycles. The first-order valence-corrected chi connectivity index (χ1v) is 6.84. The van der Waals surface area contributed by atoms with Crippen molar-refractivity contribution < 1.29 is 9.18 Å². The molecule has 0 aliphatic rings. The number of ketones is 1. The van der Waals surface area contributed by atoms with Crippen molar-refractivity contribution in [2.75, 3.05) is 0 Å². The van der Waals surface area contributed by atoms with Crippen molar-refractivity contribution in [1.29, 1.82) is 0 Å².